The van der Waals surface area contributed by atoms with E-state index in [4.69, 9.17) is 9.15 Å². The second-order valence-electron chi connectivity index (χ2n) is 8.19. The second-order valence-corrected chi connectivity index (χ2v) is 8.19. The number of likely N-dealkylation sites (tertiary alicyclic amines) is 1. The predicted molar refractivity (Wildman–Crippen MR) is 103 cm³/mol. The third kappa shape index (κ3) is 2.98. The molecule has 144 valence electrons. The third-order valence-electron chi connectivity index (χ3n) is 6.87. The SMILES string of the molecule is COc1ccc([C@@H]2CN(Cc3ccc(CO)o3)[C@@H]3C4CCN(CC4)[C@@H]32)cc1. The van der Waals surface area contributed by atoms with Crippen LogP contribution in [0, 0.1) is 5.92 Å². The minimum atomic E-state index is -0.0308. The molecule has 5 nitrogen and oxygen atoms in total. The summed E-state index contributed by atoms with van der Waals surface area (Å²) in [5.74, 6) is 3.85. The monoisotopic (exact) mass is 368 g/mol. The van der Waals surface area contributed by atoms with Crippen molar-refractivity contribution < 1.29 is 14.3 Å². The Hall–Kier alpha value is -1.82. The van der Waals surface area contributed by atoms with Crippen molar-refractivity contribution in [1.82, 2.24) is 9.80 Å². The fraction of sp³-hybridized carbons (Fsp3) is 0.545. The topological polar surface area (TPSA) is 49.1 Å². The molecule has 27 heavy (non-hydrogen) atoms. The van der Waals surface area contributed by atoms with E-state index in [1.54, 1.807) is 7.11 Å². The molecule has 2 bridgehead atoms. The Balaban J connectivity index is 1.43. The molecule has 0 amide bonds. The summed E-state index contributed by atoms with van der Waals surface area (Å²) >= 11 is 0. The van der Waals surface area contributed by atoms with Gasteiger partial charge in [0.05, 0.1) is 13.7 Å². The molecule has 5 heteroatoms. The van der Waals surface area contributed by atoms with E-state index in [0.717, 1.165) is 30.5 Å². The first kappa shape index (κ1) is 17.3. The summed E-state index contributed by atoms with van der Waals surface area (Å²) in [4.78, 5) is 5.36. The van der Waals surface area contributed by atoms with Gasteiger partial charge >= 0.3 is 0 Å². The van der Waals surface area contributed by atoms with Crippen molar-refractivity contribution in [3.05, 3.63) is 53.5 Å². The maximum Gasteiger partial charge on any atom is 0.129 e. The summed E-state index contributed by atoms with van der Waals surface area (Å²) in [6.45, 7) is 4.34. The van der Waals surface area contributed by atoms with Crippen LogP contribution in [0.3, 0.4) is 0 Å². The smallest absolute Gasteiger partial charge is 0.129 e. The van der Waals surface area contributed by atoms with Crippen LogP contribution in [-0.4, -0.2) is 53.7 Å². The Morgan fingerprint density at radius 3 is 2.44 bits per heavy atom. The summed E-state index contributed by atoms with van der Waals surface area (Å²) in [5.41, 5.74) is 1.41. The molecule has 1 aromatic carbocycles. The molecular formula is C22H28N2O3. The summed E-state index contributed by atoms with van der Waals surface area (Å²) in [7, 11) is 1.72. The Morgan fingerprint density at radius 2 is 1.78 bits per heavy atom. The molecule has 0 aliphatic carbocycles. The van der Waals surface area contributed by atoms with Crippen molar-refractivity contribution in [2.24, 2.45) is 5.92 Å². The van der Waals surface area contributed by atoms with E-state index in [1.165, 1.54) is 31.5 Å². The maximum absolute atomic E-state index is 9.29. The zero-order valence-corrected chi connectivity index (χ0v) is 15.9. The first-order valence-electron chi connectivity index (χ1n) is 10.1. The number of methoxy groups -OCH3 is 1. The molecule has 2 aromatic rings. The van der Waals surface area contributed by atoms with Crippen LogP contribution in [0.4, 0.5) is 0 Å². The molecule has 3 atom stereocenters. The van der Waals surface area contributed by atoms with Gasteiger partial charge in [0.15, 0.2) is 0 Å². The number of aliphatic hydroxyl groups excluding tert-OH is 1. The molecule has 6 rings (SSSR count). The largest absolute Gasteiger partial charge is 0.497 e. The Labute approximate surface area is 160 Å². The average molecular weight is 368 g/mol. The van der Waals surface area contributed by atoms with Gasteiger partial charge in [-0.05, 0) is 61.7 Å². The lowest BCUT2D eigenvalue weighted by Gasteiger charge is -2.51. The van der Waals surface area contributed by atoms with E-state index in [1.807, 2.05) is 12.1 Å². The molecule has 4 saturated heterocycles. The number of hydrogen-bond donors (Lipinski definition) is 1. The van der Waals surface area contributed by atoms with E-state index >= 15 is 0 Å². The zero-order chi connectivity index (χ0) is 18.4. The van der Waals surface area contributed by atoms with Crippen molar-refractivity contribution in [1.29, 1.82) is 0 Å². The molecule has 0 spiro atoms. The van der Waals surface area contributed by atoms with Gasteiger partial charge in [-0.2, -0.15) is 0 Å². The molecule has 1 N–H and O–H groups in total. The van der Waals surface area contributed by atoms with Gasteiger partial charge in [-0.1, -0.05) is 12.1 Å². The maximum atomic E-state index is 9.29. The number of aliphatic hydroxyl groups is 1. The fourth-order valence-electron chi connectivity index (χ4n) is 5.66. The quantitative estimate of drug-likeness (QED) is 0.879. The number of hydrogen-bond acceptors (Lipinski definition) is 5. The van der Waals surface area contributed by atoms with E-state index < -0.39 is 0 Å². The second kappa shape index (κ2) is 6.97. The van der Waals surface area contributed by atoms with Crippen LogP contribution in [0.5, 0.6) is 5.75 Å². The molecule has 5 heterocycles. The number of nitrogens with zero attached hydrogens (tertiary/aromatic N) is 2. The van der Waals surface area contributed by atoms with Crippen LogP contribution in [0.2, 0.25) is 0 Å². The molecular weight excluding hydrogens is 340 g/mol. The van der Waals surface area contributed by atoms with Crippen LogP contribution in [-0.2, 0) is 13.2 Å². The zero-order valence-electron chi connectivity index (χ0n) is 15.9. The highest BCUT2D eigenvalue weighted by molar-refractivity contribution is 5.33. The number of fused-ring (bicyclic) bond motifs is 2. The number of furan rings is 1. The lowest BCUT2D eigenvalue weighted by Crippen LogP contribution is -2.59. The number of ether oxygens (including phenoxy) is 1. The lowest BCUT2D eigenvalue weighted by molar-refractivity contribution is -0.0103. The van der Waals surface area contributed by atoms with Gasteiger partial charge in [0.1, 0.15) is 23.9 Å². The Kier molecular flexibility index (Phi) is 4.46. The molecule has 0 saturated carbocycles. The van der Waals surface area contributed by atoms with Gasteiger partial charge < -0.3 is 14.3 Å². The summed E-state index contributed by atoms with van der Waals surface area (Å²) in [6.07, 6.45) is 2.63. The Morgan fingerprint density at radius 1 is 1.04 bits per heavy atom. The first-order chi connectivity index (χ1) is 13.3. The van der Waals surface area contributed by atoms with Gasteiger partial charge in [-0.25, -0.2) is 0 Å². The van der Waals surface area contributed by atoms with Crippen LogP contribution >= 0.6 is 0 Å². The molecule has 1 aromatic heterocycles. The standard InChI is InChI=1S/C22H28N2O3/c1-26-17-4-2-15(3-5-17)20-13-24(12-18-6-7-19(14-25)27-18)21-16-8-10-23(11-9-16)22(20)21/h2-7,16,20-22,25H,8-14H2,1H3/t20-,21+,22+/m0/s1. The molecule has 4 aliphatic heterocycles. The molecule has 0 radical (unpaired) electrons. The number of benzene rings is 1. The van der Waals surface area contributed by atoms with Crippen molar-refractivity contribution in [2.75, 3.05) is 26.7 Å². The normalized spacial score (nSPS) is 32.6. The third-order valence-corrected chi connectivity index (χ3v) is 6.87. The van der Waals surface area contributed by atoms with Crippen molar-refractivity contribution in [2.45, 2.75) is 44.0 Å². The van der Waals surface area contributed by atoms with E-state index in [-0.39, 0.29) is 6.61 Å². The van der Waals surface area contributed by atoms with Crippen LogP contribution < -0.4 is 4.74 Å². The predicted octanol–water partition coefficient (Wildman–Crippen LogP) is 2.84. The highest BCUT2D eigenvalue weighted by Crippen LogP contribution is 2.47. The van der Waals surface area contributed by atoms with E-state index in [0.29, 0.717) is 23.8 Å². The number of rotatable bonds is 5. The number of piperidine rings is 3. The van der Waals surface area contributed by atoms with Crippen LogP contribution in [0.1, 0.15) is 35.8 Å². The summed E-state index contributed by atoms with van der Waals surface area (Å²) in [6, 6.07) is 13.8. The average Bonchev–Trinajstić information content (AvgIpc) is 3.35. The van der Waals surface area contributed by atoms with Gasteiger partial charge in [0.2, 0.25) is 0 Å². The van der Waals surface area contributed by atoms with Gasteiger partial charge in [0.25, 0.3) is 0 Å². The molecule has 4 aliphatic rings. The van der Waals surface area contributed by atoms with Crippen molar-refractivity contribution in [3.63, 3.8) is 0 Å². The highest BCUT2D eigenvalue weighted by Gasteiger charge is 2.53. The molecule has 0 unspecified atom stereocenters. The summed E-state index contributed by atoms with van der Waals surface area (Å²) < 4.78 is 11.2. The highest BCUT2D eigenvalue weighted by atomic mass is 16.5. The van der Waals surface area contributed by atoms with Gasteiger partial charge in [0, 0.05) is 24.5 Å². The lowest BCUT2D eigenvalue weighted by atomic mass is 9.75. The fourth-order valence-corrected chi connectivity index (χ4v) is 5.66. The molecule has 4 fully saturated rings. The van der Waals surface area contributed by atoms with Crippen LogP contribution in [0.15, 0.2) is 40.8 Å². The van der Waals surface area contributed by atoms with E-state index in [9.17, 15) is 5.11 Å². The van der Waals surface area contributed by atoms with Gasteiger partial charge in [-0.3, -0.25) is 9.80 Å². The van der Waals surface area contributed by atoms with E-state index in [2.05, 4.69) is 34.1 Å². The first-order valence-corrected chi connectivity index (χ1v) is 10.1. The van der Waals surface area contributed by atoms with Crippen molar-refractivity contribution in [3.8, 4) is 5.75 Å². The minimum absolute atomic E-state index is 0.0308. The van der Waals surface area contributed by atoms with Gasteiger partial charge in [-0.15, -0.1) is 0 Å². The summed E-state index contributed by atoms with van der Waals surface area (Å²) in [5, 5.41) is 9.29. The van der Waals surface area contributed by atoms with Crippen LogP contribution in [0.25, 0.3) is 0 Å². The minimum Gasteiger partial charge on any atom is -0.497 e. The Bertz CT molecular complexity index is 779. The van der Waals surface area contributed by atoms with Crippen molar-refractivity contribution >= 4 is 0 Å².